The summed E-state index contributed by atoms with van der Waals surface area (Å²) in [5, 5.41) is 15.8. The van der Waals surface area contributed by atoms with Gasteiger partial charge >= 0.3 is 0 Å². The molecule has 0 spiro atoms. The second-order valence-corrected chi connectivity index (χ2v) is 7.22. The van der Waals surface area contributed by atoms with E-state index in [4.69, 9.17) is 0 Å². The average Bonchev–Trinajstić information content (AvgIpc) is 2.68. The number of benzene rings is 3. The molecule has 3 aromatic rings. The highest BCUT2D eigenvalue weighted by molar-refractivity contribution is 7.99. The molecule has 5 heteroatoms. The van der Waals surface area contributed by atoms with Gasteiger partial charge in [0, 0.05) is 11.3 Å². The highest BCUT2D eigenvalue weighted by Gasteiger charge is 2.12. The molecular weight excluding hydrogens is 344 g/mol. The Kier molecular flexibility index (Phi) is 5.92. The molecule has 0 unspecified atom stereocenters. The fourth-order valence-electron chi connectivity index (χ4n) is 2.54. The standard InChI is InChI=1S/C21H20N2O2S/c1-15(26-14-16-7-3-2-4-8-16)21(25)23-22-13-19-18-10-6-5-9-17(18)11-12-20(19)24/h2-13,15,24H,14H2,1H3,(H,23,25)/b22-13-/t15-/m0/s1. The van der Waals surface area contributed by atoms with Crippen LogP contribution in [0.2, 0.25) is 0 Å². The zero-order valence-corrected chi connectivity index (χ0v) is 15.2. The van der Waals surface area contributed by atoms with Crippen LogP contribution in [0.15, 0.2) is 71.8 Å². The smallest absolute Gasteiger partial charge is 0.252 e. The Hall–Kier alpha value is -2.79. The van der Waals surface area contributed by atoms with E-state index in [1.54, 1.807) is 17.8 Å². The van der Waals surface area contributed by atoms with Crippen LogP contribution in [0.1, 0.15) is 18.1 Å². The van der Waals surface area contributed by atoms with Gasteiger partial charge in [-0.1, -0.05) is 60.7 Å². The van der Waals surface area contributed by atoms with Crippen molar-refractivity contribution in [2.45, 2.75) is 17.9 Å². The van der Waals surface area contributed by atoms with Crippen LogP contribution in [0, 0.1) is 0 Å². The first-order valence-electron chi connectivity index (χ1n) is 8.34. The van der Waals surface area contributed by atoms with Gasteiger partial charge in [0.2, 0.25) is 0 Å². The van der Waals surface area contributed by atoms with Crippen molar-refractivity contribution in [3.8, 4) is 5.75 Å². The van der Waals surface area contributed by atoms with Crippen molar-refractivity contribution in [1.29, 1.82) is 0 Å². The van der Waals surface area contributed by atoms with E-state index in [0.29, 0.717) is 5.56 Å². The van der Waals surface area contributed by atoms with Crippen LogP contribution in [-0.4, -0.2) is 22.5 Å². The van der Waals surface area contributed by atoms with Gasteiger partial charge in [0.25, 0.3) is 5.91 Å². The van der Waals surface area contributed by atoms with Crippen molar-refractivity contribution in [1.82, 2.24) is 5.43 Å². The molecule has 1 atom stereocenters. The molecule has 3 rings (SSSR count). The van der Waals surface area contributed by atoms with Gasteiger partial charge in [-0.25, -0.2) is 5.43 Å². The van der Waals surface area contributed by atoms with E-state index >= 15 is 0 Å². The van der Waals surface area contributed by atoms with Crippen LogP contribution in [-0.2, 0) is 10.5 Å². The number of hydrogen-bond donors (Lipinski definition) is 2. The molecule has 0 heterocycles. The van der Waals surface area contributed by atoms with Gasteiger partial charge in [-0.2, -0.15) is 5.10 Å². The molecule has 0 radical (unpaired) electrons. The van der Waals surface area contributed by atoms with E-state index in [1.807, 2.05) is 67.6 Å². The monoisotopic (exact) mass is 364 g/mol. The topological polar surface area (TPSA) is 61.7 Å². The molecule has 0 saturated carbocycles. The van der Waals surface area contributed by atoms with Gasteiger partial charge in [-0.15, -0.1) is 11.8 Å². The molecular formula is C21H20N2O2S. The SMILES string of the molecule is C[C@H](SCc1ccccc1)C(=O)N/N=C\c1c(O)ccc2ccccc12. The molecule has 3 aromatic carbocycles. The minimum atomic E-state index is -0.228. The third kappa shape index (κ3) is 4.43. The number of hydrogen-bond acceptors (Lipinski definition) is 4. The number of phenols is 1. The zero-order chi connectivity index (χ0) is 18.4. The molecule has 0 aliphatic rings. The lowest BCUT2D eigenvalue weighted by atomic mass is 10.0. The number of phenolic OH excluding ortho intramolecular Hbond substituents is 1. The lowest BCUT2D eigenvalue weighted by Crippen LogP contribution is -2.27. The van der Waals surface area contributed by atoms with Crippen molar-refractivity contribution < 1.29 is 9.90 Å². The summed E-state index contributed by atoms with van der Waals surface area (Å²) in [5.74, 6) is 0.735. The highest BCUT2D eigenvalue weighted by Crippen LogP contribution is 2.25. The Morgan fingerprint density at radius 2 is 1.85 bits per heavy atom. The number of fused-ring (bicyclic) bond motifs is 1. The lowest BCUT2D eigenvalue weighted by Gasteiger charge is -2.09. The Balaban J connectivity index is 1.61. The van der Waals surface area contributed by atoms with Gasteiger partial charge in [0.1, 0.15) is 5.75 Å². The van der Waals surface area contributed by atoms with Crippen LogP contribution in [0.25, 0.3) is 10.8 Å². The van der Waals surface area contributed by atoms with Gasteiger partial charge in [-0.3, -0.25) is 4.79 Å². The molecule has 0 aromatic heterocycles. The Morgan fingerprint density at radius 3 is 2.65 bits per heavy atom. The highest BCUT2D eigenvalue weighted by atomic mass is 32.2. The molecule has 0 fully saturated rings. The summed E-state index contributed by atoms with van der Waals surface area (Å²) >= 11 is 1.55. The van der Waals surface area contributed by atoms with Crippen molar-refractivity contribution in [3.05, 3.63) is 77.9 Å². The van der Waals surface area contributed by atoms with Crippen molar-refractivity contribution in [2.24, 2.45) is 5.10 Å². The lowest BCUT2D eigenvalue weighted by molar-refractivity contribution is -0.120. The first kappa shape index (κ1) is 18.0. The Morgan fingerprint density at radius 1 is 1.12 bits per heavy atom. The normalized spacial score (nSPS) is 12.3. The summed E-state index contributed by atoms with van der Waals surface area (Å²) in [5.41, 5.74) is 4.33. The molecule has 4 nitrogen and oxygen atoms in total. The Bertz CT molecular complexity index is 926. The molecule has 0 aliphatic heterocycles. The minimum absolute atomic E-state index is 0.133. The minimum Gasteiger partial charge on any atom is -0.507 e. The number of amides is 1. The summed E-state index contributed by atoms with van der Waals surface area (Å²) in [6.07, 6.45) is 1.49. The van der Waals surface area contributed by atoms with Crippen LogP contribution in [0.5, 0.6) is 5.75 Å². The quantitative estimate of drug-likeness (QED) is 0.506. The third-order valence-corrected chi connectivity index (χ3v) is 5.24. The van der Waals surface area contributed by atoms with Crippen LogP contribution >= 0.6 is 11.8 Å². The largest absolute Gasteiger partial charge is 0.507 e. The molecule has 2 N–H and O–H groups in total. The molecule has 132 valence electrons. The number of carbonyl (C=O) groups is 1. The summed E-state index contributed by atoms with van der Waals surface area (Å²) < 4.78 is 0. The van der Waals surface area contributed by atoms with Crippen molar-refractivity contribution in [2.75, 3.05) is 0 Å². The number of thioether (sulfide) groups is 1. The number of aromatic hydroxyl groups is 1. The van der Waals surface area contributed by atoms with Crippen LogP contribution < -0.4 is 5.43 Å². The summed E-state index contributed by atoms with van der Waals surface area (Å²) in [7, 11) is 0. The maximum Gasteiger partial charge on any atom is 0.252 e. The van der Waals surface area contributed by atoms with E-state index in [-0.39, 0.29) is 16.9 Å². The molecule has 26 heavy (non-hydrogen) atoms. The molecule has 0 saturated heterocycles. The number of rotatable bonds is 6. The second kappa shape index (κ2) is 8.54. The van der Waals surface area contributed by atoms with Gasteiger partial charge in [-0.05, 0) is 29.3 Å². The summed E-state index contributed by atoms with van der Waals surface area (Å²) in [6, 6.07) is 21.2. The van der Waals surface area contributed by atoms with E-state index in [2.05, 4.69) is 10.5 Å². The number of nitrogens with one attached hydrogen (secondary N) is 1. The van der Waals surface area contributed by atoms with E-state index in [9.17, 15) is 9.90 Å². The molecule has 0 bridgehead atoms. The van der Waals surface area contributed by atoms with Crippen molar-refractivity contribution in [3.63, 3.8) is 0 Å². The fraction of sp³-hybridized carbons (Fsp3) is 0.143. The van der Waals surface area contributed by atoms with Crippen LogP contribution in [0.3, 0.4) is 0 Å². The van der Waals surface area contributed by atoms with Gasteiger partial charge < -0.3 is 5.11 Å². The second-order valence-electron chi connectivity index (χ2n) is 5.89. The third-order valence-electron chi connectivity index (χ3n) is 4.03. The first-order chi connectivity index (χ1) is 12.6. The van der Waals surface area contributed by atoms with Gasteiger partial charge in [0.05, 0.1) is 11.5 Å². The molecule has 1 amide bonds. The maximum atomic E-state index is 12.2. The zero-order valence-electron chi connectivity index (χ0n) is 14.4. The number of nitrogens with zero attached hydrogens (tertiary/aromatic N) is 1. The summed E-state index contributed by atoms with van der Waals surface area (Å²) in [4.78, 5) is 12.2. The van der Waals surface area contributed by atoms with Crippen molar-refractivity contribution >= 4 is 34.7 Å². The van der Waals surface area contributed by atoms with E-state index in [1.165, 1.54) is 11.8 Å². The fourth-order valence-corrected chi connectivity index (χ4v) is 3.38. The predicted octanol–water partition coefficient (Wildman–Crippen LogP) is 4.32. The first-order valence-corrected chi connectivity index (χ1v) is 9.39. The van der Waals surface area contributed by atoms with E-state index < -0.39 is 0 Å². The molecule has 0 aliphatic carbocycles. The number of hydrazone groups is 1. The van der Waals surface area contributed by atoms with E-state index in [0.717, 1.165) is 16.5 Å². The number of carbonyl (C=O) groups excluding carboxylic acids is 1. The predicted molar refractivity (Wildman–Crippen MR) is 109 cm³/mol. The van der Waals surface area contributed by atoms with Crippen LogP contribution in [0.4, 0.5) is 0 Å². The summed E-state index contributed by atoms with van der Waals surface area (Å²) in [6.45, 7) is 1.86. The maximum absolute atomic E-state index is 12.2. The average molecular weight is 364 g/mol. The Labute approximate surface area is 156 Å². The van der Waals surface area contributed by atoms with Gasteiger partial charge in [0.15, 0.2) is 0 Å².